The molecule has 1 aliphatic heterocycles. The van der Waals surface area contributed by atoms with E-state index in [0.29, 0.717) is 0 Å². The lowest BCUT2D eigenvalue weighted by Gasteiger charge is -2.22. The molecule has 1 unspecified atom stereocenters. The summed E-state index contributed by atoms with van der Waals surface area (Å²) in [6.07, 6.45) is 0.892. The summed E-state index contributed by atoms with van der Waals surface area (Å²) in [7, 11) is -0.342. The molecule has 0 radical (unpaired) electrons. The van der Waals surface area contributed by atoms with Crippen molar-refractivity contribution in [3.63, 3.8) is 0 Å². The molecule has 17 heavy (non-hydrogen) atoms. The van der Waals surface area contributed by atoms with Crippen LogP contribution in [0.15, 0.2) is 9.63 Å². The van der Waals surface area contributed by atoms with Crippen molar-refractivity contribution >= 4 is 37.7 Å². The van der Waals surface area contributed by atoms with Crippen LogP contribution in [0, 0.1) is 0 Å². The zero-order chi connectivity index (χ0) is 12.6. The van der Waals surface area contributed by atoms with E-state index in [1.807, 2.05) is 0 Å². The van der Waals surface area contributed by atoms with E-state index in [1.54, 1.807) is 25.9 Å². The Balaban J connectivity index is 2.36. The first kappa shape index (κ1) is 13.3. The third-order valence-electron chi connectivity index (χ3n) is 2.78. The van der Waals surface area contributed by atoms with Crippen LogP contribution in [0.1, 0.15) is 6.42 Å². The average Bonchev–Trinajstić information content (AvgIpc) is 2.87. The Kier molecular flexibility index (Phi) is 3.81. The molecule has 2 heterocycles. The first-order valence-corrected chi connectivity index (χ1v) is 8.44. The molecule has 6 nitrogen and oxygen atoms in total. The molecular formula is C8H13BrN4O2S2. The molecule has 1 fully saturated rings. The molecule has 0 saturated carbocycles. The van der Waals surface area contributed by atoms with Crippen LogP contribution in [0.2, 0.25) is 0 Å². The number of hydrogen-bond acceptors (Lipinski definition) is 5. The van der Waals surface area contributed by atoms with Crippen molar-refractivity contribution in [2.45, 2.75) is 17.5 Å². The summed E-state index contributed by atoms with van der Waals surface area (Å²) >= 11 is 4.90. The summed E-state index contributed by atoms with van der Waals surface area (Å²) < 4.78 is 27.8. The van der Waals surface area contributed by atoms with Gasteiger partial charge in [-0.25, -0.2) is 13.1 Å². The summed E-state index contributed by atoms with van der Waals surface area (Å²) in [5.41, 5.74) is 0. The third kappa shape index (κ3) is 2.38. The summed E-state index contributed by atoms with van der Waals surface area (Å²) in [6.45, 7) is 0. The van der Waals surface area contributed by atoms with Crippen LogP contribution in [-0.4, -0.2) is 52.3 Å². The van der Waals surface area contributed by atoms with E-state index in [0.717, 1.165) is 17.9 Å². The zero-order valence-corrected chi connectivity index (χ0v) is 12.7. The Morgan fingerprint density at radius 3 is 2.76 bits per heavy atom. The molecule has 1 aliphatic rings. The van der Waals surface area contributed by atoms with E-state index < -0.39 is 10.0 Å². The fourth-order valence-corrected chi connectivity index (χ4v) is 5.51. The highest BCUT2D eigenvalue weighted by atomic mass is 79.9. The first-order chi connectivity index (χ1) is 7.94. The topological polar surface area (TPSA) is 68.1 Å². The lowest BCUT2D eigenvalue weighted by atomic mass is 10.3. The number of aromatic nitrogens is 3. The normalized spacial score (nSPS) is 21.3. The van der Waals surface area contributed by atoms with Crippen LogP contribution in [-0.2, 0) is 17.1 Å². The van der Waals surface area contributed by atoms with Gasteiger partial charge in [-0.3, -0.25) is 0 Å². The van der Waals surface area contributed by atoms with Gasteiger partial charge >= 0.3 is 0 Å². The predicted octanol–water partition coefficient (Wildman–Crippen LogP) is 0.704. The van der Waals surface area contributed by atoms with Gasteiger partial charge in [-0.2, -0.15) is 16.1 Å². The highest BCUT2D eigenvalue weighted by Gasteiger charge is 2.34. The van der Waals surface area contributed by atoms with Gasteiger partial charge in [-0.05, 0) is 28.1 Å². The molecule has 0 aromatic carbocycles. The van der Waals surface area contributed by atoms with Gasteiger partial charge in [0.05, 0.1) is 0 Å². The highest BCUT2D eigenvalue weighted by Crippen LogP contribution is 2.28. The van der Waals surface area contributed by atoms with Crippen molar-refractivity contribution in [3.05, 3.63) is 4.60 Å². The van der Waals surface area contributed by atoms with Gasteiger partial charge in [0.15, 0.2) is 4.60 Å². The van der Waals surface area contributed by atoms with Gasteiger partial charge in [0.1, 0.15) is 0 Å². The molecule has 0 aliphatic carbocycles. The van der Waals surface area contributed by atoms with Gasteiger partial charge in [-0.15, -0.1) is 5.10 Å². The largest absolute Gasteiger partial charge is 0.263 e. The molecule has 9 heteroatoms. The van der Waals surface area contributed by atoms with Crippen molar-refractivity contribution in [2.75, 3.05) is 18.6 Å². The molecule has 96 valence electrons. The number of hydrogen-bond donors (Lipinski definition) is 0. The summed E-state index contributed by atoms with van der Waals surface area (Å²) in [4.78, 5) is 0. The Bertz CT molecular complexity index is 490. The van der Waals surface area contributed by atoms with E-state index >= 15 is 0 Å². The molecular weight excluding hydrogens is 328 g/mol. The van der Waals surface area contributed by atoms with Crippen LogP contribution in [0.3, 0.4) is 0 Å². The number of aryl methyl sites for hydroxylation is 1. The van der Waals surface area contributed by atoms with Gasteiger partial charge in [0.2, 0.25) is 5.03 Å². The molecule has 1 aromatic heterocycles. The zero-order valence-electron chi connectivity index (χ0n) is 9.50. The van der Waals surface area contributed by atoms with E-state index in [-0.39, 0.29) is 15.7 Å². The molecule has 1 aromatic rings. The SMILES string of the molecule is CN(C1CCSC1)S(=O)(=O)c1c(Br)nnn1C. The maximum absolute atomic E-state index is 12.4. The van der Waals surface area contributed by atoms with Crippen molar-refractivity contribution in [1.82, 2.24) is 19.3 Å². The van der Waals surface area contributed by atoms with Crippen molar-refractivity contribution < 1.29 is 8.42 Å². The molecule has 0 spiro atoms. The quantitative estimate of drug-likeness (QED) is 0.810. The number of sulfonamides is 1. The molecule has 0 amide bonds. The van der Waals surface area contributed by atoms with Gasteiger partial charge < -0.3 is 0 Å². The number of halogens is 1. The minimum Gasteiger partial charge on any atom is -0.235 e. The Morgan fingerprint density at radius 2 is 2.29 bits per heavy atom. The number of nitrogens with zero attached hydrogens (tertiary/aromatic N) is 4. The smallest absolute Gasteiger partial charge is 0.235 e. The lowest BCUT2D eigenvalue weighted by molar-refractivity contribution is 0.389. The fraction of sp³-hybridized carbons (Fsp3) is 0.750. The van der Waals surface area contributed by atoms with Gasteiger partial charge in [0, 0.05) is 25.9 Å². The number of rotatable bonds is 3. The second kappa shape index (κ2) is 4.87. The van der Waals surface area contributed by atoms with E-state index in [1.165, 1.54) is 8.99 Å². The highest BCUT2D eigenvalue weighted by molar-refractivity contribution is 9.10. The molecule has 2 rings (SSSR count). The maximum Gasteiger partial charge on any atom is 0.263 e. The van der Waals surface area contributed by atoms with Crippen molar-refractivity contribution in [3.8, 4) is 0 Å². The minimum atomic E-state index is -3.53. The van der Waals surface area contributed by atoms with Crippen LogP contribution < -0.4 is 0 Å². The fourth-order valence-electron chi connectivity index (χ4n) is 1.74. The van der Waals surface area contributed by atoms with E-state index in [2.05, 4.69) is 26.2 Å². The Labute approximate surface area is 113 Å². The lowest BCUT2D eigenvalue weighted by Crippen LogP contribution is -2.38. The van der Waals surface area contributed by atoms with Gasteiger partial charge in [-0.1, -0.05) is 5.21 Å². The third-order valence-corrected chi connectivity index (χ3v) is 6.72. The van der Waals surface area contributed by atoms with E-state index in [9.17, 15) is 8.42 Å². The molecule has 1 saturated heterocycles. The van der Waals surface area contributed by atoms with Crippen molar-refractivity contribution in [1.29, 1.82) is 0 Å². The minimum absolute atomic E-state index is 0.0619. The van der Waals surface area contributed by atoms with Crippen LogP contribution >= 0.6 is 27.7 Å². The van der Waals surface area contributed by atoms with Crippen LogP contribution in [0.5, 0.6) is 0 Å². The second-order valence-corrected chi connectivity index (χ2v) is 7.66. The summed E-state index contributed by atoms with van der Waals surface area (Å²) in [5, 5.41) is 7.52. The standard InChI is InChI=1S/C8H13BrN4O2S2/c1-12-8(7(9)10-11-12)17(14,15)13(2)6-3-4-16-5-6/h6H,3-5H2,1-2H3. The predicted molar refractivity (Wildman–Crippen MR) is 69.4 cm³/mol. The summed E-state index contributed by atoms with van der Waals surface area (Å²) in [5.74, 6) is 1.86. The molecule has 1 atom stereocenters. The first-order valence-electron chi connectivity index (χ1n) is 5.05. The van der Waals surface area contributed by atoms with Gasteiger partial charge in [0.25, 0.3) is 10.0 Å². The molecule has 0 N–H and O–H groups in total. The second-order valence-electron chi connectivity index (χ2n) is 3.85. The Hall–Kier alpha value is -0.120. The van der Waals surface area contributed by atoms with E-state index in [4.69, 9.17) is 0 Å². The Morgan fingerprint density at radius 1 is 1.59 bits per heavy atom. The monoisotopic (exact) mass is 340 g/mol. The summed E-state index contributed by atoms with van der Waals surface area (Å²) in [6, 6.07) is 0.0619. The number of thioether (sulfide) groups is 1. The maximum atomic E-state index is 12.4. The molecule has 0 bridgehead atoms. The van der Waals surface area contributed by atoms with Crippen LogP contribution in [0.4, 0.5) is 0 Å². The van der Waals surface area contributed by atoms with Crippen molar-refractivity contribution in [2.24, 2.45) is 7.05 Å². The average molecular weight is 341 g/mol. The van der Waals surface area contributed by atoms with Crippen LogP contribution in [0.25, 0.3) is 0 Å².